The molecular weight excluding hydrogens is 234 g/mol. The summed E-state index contributed by atoms with van der Waals surface area (Å²) in [7, 11) is 0. The third kappa shape index (κ3) is 6.24. The van der Waals surface area contributed by atoms with E-state index in [1.807, 2.05) is 0 Å². The Kier molecular flexibility index (Phi) is 7.96. The molecule has 3 nitrogen and oxygen atoms in total. The Morgan fingerprint density at radius 3 is 2.00 bits per heavy atom. The molecular formula is C16H35N3. The predicted octanol–water partition coefficient (Wildman–Crippen LogP) is 2.43. The topological polar surface area (TPSA) is 18.5 Å². The highest BCUT2D eigenvalue weighted by molar-refractivity contribution is 4.79. The Balaban J connectivity index is 2.22. The highest BCUT2D eigenvalue weighted by atomic mass is 15.3. The lowest BCUT2D eigenvalue weighted by Crippen LogP contribution is -2.53. The molecule has 0 saturated carbocycles. The summed E-state index contributed by atoms with van der Waals surface area (Å²) in [5.74, 6) is 0.792. The zero-order valence-corrected chi connectivity index (χ0v) is 13.8. The summed E-state index contributed by atoms with van der Waals surface area (Å²) in [6.07, 6.45) is 2.48. The van der Waals surface area contributed by atoms with Gasteiger partial charge in [-0.15, -0.1) is 0 Å². The predicted molar refractivity (Wildman–Crippen MR) is 84.7 cm³/mol. The molecule has 1 fully saturated rings. The number of hydrogen-bond acceptors (Lipinski definition) is 3. The van der Waals surface area contributed by atoms with Crippen LogP contribution in [0.3, 0.4) is 0 Å². The van der Waals surface area contributed by atoms with E-state index in [9.17, 15) is 0 Å². The van der Waals surface area contributed by atoms with Crippen molar-refractivity contribution in [1.82, 2.24) is 15.1 Å². The van der Waals surface area contributed by atoms with Crippen LogP contribution < -0.4 is 5.32 Å². The van der Waals surface area contributed by atoms with Crippen LogP contribution >= 0.6 is 0 Å². The maximum atomic E-state index is 3.70. The molecule has 1 rings (SSSR count). The highest BCUT2D eigenvalue weighted by Gasteiger charge is 2.21. The first-order chi connectivity index (χ1) is 9.06. The summed E-state index contributed by atoms with van der Waals surface area (Å²) in [5, 5.41) is 3.70. The molecule has 1 aliphatic heterocycles. The lowest BCUT2D eigenvalue weighted by atomic mass is 10.1. The lowest BCUT2D eigenvalue weighted by molar-refractivity contribution is 0.0930. The molecule has 3 heteroatoms. The van der Waals surface area contributed by atoms with E-state index in [0.717, 1.165) is 12.5 Å². The van der Waals surface area contributed by atoms with Gasteiger partial charge in [-0.05, 0) is 25.7 Å². The standard InChI is InChI=1S/C16H35N3/c1-6-16(7-2)17-12-15(5)19-10-8-18(9-11-19)13-14(3)4/h14-17H,6-13H2,1-5H3. The van der Waals surface area contributed by atoms with Crippen LogP contribution in [-0.4, -0.2) is 61.2 Å². The van der Waals surface area contributed by atoms with Crippen LogP contribution in [0.4, 0.5) is 0 Å². The molecule has 0 aliphatic carbocycles. The van der Waals surface area contributed by atoms with Gasteiger partial charge in [-0.3, -0.25) is 4.90 Å². The van der Waals surface area contributed by atoms with Gasteiger partial charge in [0.15, 0.2) is 0 Å². The van der Waals surface area contributed by atoms with Crippen LogP contribution in [-0.2, 0) is 0 Å². The van der Waals surface area contributed by atoms with Gasteiger partial charge in [0.25, 0.3) is 0 Å². The molecule has 0 aromatic rings. The Labute approximate surface area is 120 Å². The smallest absolute Gasteiger partial charge is 0.0193 e. The fraction of sp³-hybridized carbons (Fsp3) is 1.00. The minimum atomic E-state index is 0.668. The molecule has 0 amide bonds. The number of rotatable bonds is 8. The summed E-state index contributed by atoms with van der Waals surface area (Å²) in [4.78, 5) is 5.26. The maximum Gasteiger partial charge on any atom is 0.0193 e. The minimum absolute atomic E-state index is 0.668. The molecule has 0 aromatic heterocycles. The first kappa shape index (κ1) is 16.9. The summed E-state index contributed by atoms with van der Waals surface area (Å²) in [5.41, 5.74) is 0. The molecule has 1 N–H and O–H groups in total. The van der Waals surface area contributed by atoms with Crippen LogP contribution in [0.2, 0.25) is 0 Å². The van der Waals surface area contributed by atoms with Gasteiger partial charge in [0.05, 0.1) is 0 Å². The van der Waals surface area contributed by atoms with E-state index in [-0.39, 0.29) is 0 Å². The van der Waals surface area contributed by atoms with Crippen molar-refractivity contribution in [2.24, 2.45) is 5.92 Å². The van der Waals surface area contributed by atoms with Crippen molar-refractivity contribution in [3.8, 4) is 0 Å². The van der Waals surface area contributed by atoms with E-state index < -0.39 is 0 Å². The SMILES string of the molecule is CCC(CC)NCC(C)N1CCN(CC(C)C)CC1. The second-order valence-electron chi connectivity index (χ2n) is 6.50. The van der Waals surface area contributed by atoms with Crippen LogP contribution in [0, 0.1) is 5.92 Å². The van der Waals surface area contributed by atoms with Crippen molar-refractivity contribution >= 4 is 0 Å². The fourth-order valence-electron chi connectivity index (χ4n) is 2.95. The van der Waals surface area contributed by atoms with Crippen molar-refractivity contribution in [3.05, 3.63) is 0 Å². The van der Waals surface area contributed by atoms with Gasteiger partial charge in [0.2, 0.25) is 0 Å². The third-order valence-electron chi connectivity index (χ3n) is 4.34. The largest absolute Gasteiger partial charge is 0.312 e. The molecule has 1 aliphatic rings. The van der Waals surface area contributed by atoms with Crippen LogP contribution in [0.1, 0.15) is 47.5 Å². The highest BCUT2D eigenvalue weighted by Crippen LogP contribution is 2.08. The Bertz CT molecular complexity index is 218. The summed E-state index contributed by atoms with van der Waals surface area (Å²) in [6.45, 7) is 18.9. The quantitative estimate of drug-likeness (QED) is 0.730. The summed E-state index contributed by atoms with van der Waals surface area (Å²) < 4.78 is 0. The van der Waals surface area contributed by atoms with E-state index in [1.165, 1.54) is 45.6 Å². The number of hydrogen-bond donors (Lipinski definition) is 1. The van der Waals surface area contributed by atoms with Gasteiger partial charge >= 0.3 is 0 Å². The molecule has 0 spiro atoms. The van der Waals surface area contributed by atoms with E-state index in [4.69, 9.17) is 0 Å². The maximum absolute atomic E-state index is 3.70. The first-order valence-electron chi connectivity index (χ1n) is 8.26. The van der Waals surface area contributed by atoms with Crippen molar-refractivity contribution in [3.63, 3.8) is 0 Å². The fourth-order valence-corrected chi connectivity index (χ4v) is 2.95. The average molecular weight is 269 g/mol. The Morgan fingerprint density at radius 1 is 0.947 bits per heavy atom. The second kappa shape index (κ2) is 8.93. The normalized spacial score (nSPS) is 20.4. The number of nitrogens with one attached hydrogen (secondary N) is 1. The monoisotopic (exact) mass is 269 g/mol. The van der Waals surface area contributed by atoms with Crippen LogP contribution in [0.5, 0.6) is 0 Å². The van der Waals surface area contributed by atoms with Gasteiger partial charge in [0, 0.05) is 51.4 Å². The van der Waals surface area contributed by atoms with E-state index in [0.29, 0.717) is 12.1 Å². The lowest BCUT2D eigenvalue weighted by Gasteiger charge is -2.39. The van der Waals surface area contributed by atoms with Gasteiger partial charge in [0.1, 0.15) is 0 Å². The van der Waals surface area contributed by atoms with Crippen molar-refractivity contribution in [2.45, 2.75) is 59.5 Å². The minimum Gasteiger partial charge on any atom is -0.312 e. The summed E-state index contributed by atoms with van der Waals surface area (Å²) >= 11 is 0. The Morgan fingerprint density at radius 2 is 1.53 bits per heavy atom. The van der Waals surface area contributed by atoms with Crippen molar-refractivity contribution in [1.29, 1.82) is 0 Å². The molecule has 0 aromatic carbocycles. The van der Waals surface area contributed by atoms with Crippen molar-refractivity contribution < 1.29 is 0 Å². The Hall–Kier alpha value is -0.120. The van der Waals surface area contributed by atoms with Gasteiger partial charge < -0.3 is 10.2 Å². The third-order valence-corrected chi connectivity index (χ3v) is 4.34. The zero-order chi connectivity index (χ0) is 14.3. The molecule has 0 bridgehead atoms. The zero-order valence-electron chi connectivity index (χ0n) is 13.8. The molecule has 1 saturated heterocycles. The van der Waals surface area contributed by atoms with E-state index >= 15 is 0 Å². The van der Waals surface area contributed by atoms with Crippen LogP contribution in [0.25, 0.3) is 0 Å². The van der Waals surface area contributed by atoms with E-state index in [1.54, 1.807) is 0 Å². The van der Waals surface area contributed by atoms with Crippen molar-refractivity contribution in [2.75, 3.05) is 39.3 Å². The first-order valence-corrected chi connectivity index (χ1v) is 8.26. The molecule has 0 radical (unpaired) electrons. The summed E-state index contributed by atoms with van der Waals surface area (Å²) in [6, 6.07) is 1.37. The van der Waals surface area contributed by atoms with Crippen LogP contribution in [0.15, 0.2) is 0 Å². The van der Waals surface area contributed by atoms with Gasteiger partial charge in [-0.25, -0.2) is 0 Å². The molecule has 114 valence electrons. The average Bonchev–Trinajstić information content (AvgIpc) is 2.39. The molecule has 1 heterocycles. The van der Waals surface area contributed by atoms with Gasteiger partial charge in [-0.2, -0.15) is 0 Å². The van der Waals surface area contributed by atoms with Gasteiger partial charge in [-0.1, -0.05) is 27.7 Å². The second-order valence-corrected chi connectivity index (χ2v) is 6.50. The number of nitrogens with zero attached hydrogens (tertiary/aromatic N) is 2. The molecule has 1 atom stereocenters. The number of piperazine rings is 1. The molecule has 19 heavy (non-hydrogen) atoms. The van der Waals surface area contributed by atoms with E-state index in [2.05, 4.69) is 49.7 Å². The molecule has 1 unspecified atom stereocenters.